The summed E-state index contributed by atoms with van der Waals surface area (Å²) < 4.78 is 5.42. The van der Waals surface area contributed by atoms with Crippen molar-refractivity contribution in [2.45, 2.75) is 42.3 Å². The summed E-state index contributed by atoms with van der Waals surface area (Å²) in [6, 6.07) is 11.8. The van der Waals surface area contributed by atoms with Gasteiger partial charge in [-0.2, -0.15) is 0 Å². The van der Waals surface area contributed by atoms with E-state index in [1.807, 2.05) is 18.2 Å². The molecule has 1 heterocycles. The van der Waals surface area contributed by atoms with E-state index in [0.29, 0.717) is 21.5 Å². The fraction of sp³-hybridized carbons (Fsp3) is 0.417. The third-order valence-corrected chi connectivity index (χ3v) is 7.73. The van der Waals surface area contributed by atoms with Crippen molar-refractivity contribution < 1.29 is 24.5 Å². The maximum Gasteiger partial charge on any atom is 0.410 e. The average Bonchev–Trinajstić information content (AvgIpc) is 2.85. The molecule has 0 unspecified atom stereocenters. The Labute approximate surface area is 213 Å². The quantitative estimate of drug-likeness (QED) is 0.555. The van der Waals surface area contributed by atoms with Gasteiger partial charge in [-0.05, 0) is 23.6 Å². The van der Waals surface area contributed by atoms with Crippen LogP contribution in [0.15, 0.2) is 46.2 Å². The first-order chi connectivity index (χ1) is 16.2. The molecule has 2 aromatic rings. The number of halogens is 2. The first-order valence-electron chi connectivity index (χ1n) is 11.0. The fourth-order valence-electron chi connectivity index (χ4n) is 3.56. The van der Waals surface area contributed by atoms with Crippen molar-refractivity contribution in [1.29, 1.82) is 0 Å². The van der Waals surface area contributed by atoms with E-state index in [4.69, 9.17) is 33.0 Å². The van der Waals surface area contributed by atoms with Crippen LogP contribution < -0.4 is 0 Å². The Balaban J connectivity index is 1.58. The second-order valence-electron chi connectivity index (χ2n) is 8.21. The van der Waals surface area contributed by atoms with Crippen LogP contribution in [0.3, 0.4) is 0 Å². The molecule has 7 nitrogen and oxygen atoms in total. The molecular weight excluding hydrogens is 499 g/mol. The lowest BCUT2D eigenvalue weighted by molar-refractivity contribution is -0.143. The number of rotatable bonds is 7. The number of amides is 2. The Hall–Kier alpha value is -1.97. The predicted molar refractivity (Wildman–Crippen MR) is 133 cm³/mol. The van der Waals surface area contributed by atoms with Crippen molar-refractivity contribution in [3.05, 3.63) is 57.6 Å². The Morgan fingerprint density at radius 2 is 1.65 bits per heavy atom. The first-order valence-corrected chi connectivity index (χ1v) is 12.5. The lowest BCUT2D eigenvalue weighted by Gasteiger charge is -2.34. The number of benzene rings is 2. The predicted octanol–water partition coefficient (Wildman–Crippen LogP) is 4.40. The van der Waals surface area contributed by atoms with Crippen LogP contribution in [0, 0.1) is 0 Å². The number of aliphatic hydroxyl groups is 2. The second kappa shape index (κ2) is 12.1. The number of aliphatic hydroxyl groups excluding tert-OH is 2. The van der Waals surface area contributed by atoms with Crippen molar-refractivity contribution in [2.75, 3.05) is 32.8 Å². The largest absolute Gasteiger partial charge is 0.444 e. The summed E-state index contributed by atoms with van der Waals surface area (Å²) in [5, 5.41) is 19.2. The molecule has 2 amide bonds. The normalized spacial score (nSPS) is 14.9. The van der Waals surface area contributed by atoms with Crippen LogP contribution >= 0.6 is 35.0 Å². The highest BCUT2D eigenvalue weighted by atomic mass is 35.5. The van der Waals surface area contributed by atoms with E-state index in [9.17, 15) is 14.7 Å². The van der Waals surface area contributed by atoms with Gasteiger partial charge in [0.05, 0.1) is 16.7 Å². The van der Waals surface area contributed by atoms with Gasteiger partial charge in [0.2, 0.25) is 0 Å². The van der Waals surface area contributed by atoms with Crippen molar-refractivity contribution in [3.8, 4) is 0 Å². The Bertz CT molecular complexity index is 1030. The molecule has 1 atom stereocenters. The van der Waals surface area contributed by atoms with Gasteiger partial charge in [-0.25, -0.2) is 4.79 Å². The number of hydrogen-bond acceptors (Lipinski definition) is 6. The molecule has 2 aromatic carbocycles. The Morgan fingerprint density at radius 3 is 2.29 bits per heavy atom. The summed E-state index contributed by atoms with van der Waals surface area (Å²) >= 11 is 14.6. The number of piperazine rings is 1. The van der Waals surface area contributed by atoms with Crippen LogP contribution in [-0.4, -0.2) is 70.9 Å². The zero-order valence-corrected chi connectivity index (χ0v) is 21.4. The Morgan fingerprint density at radius 1 is 1.00 bits per heavy atom. The lowest BCUT2D eigenvalue weighted by atomic mass is 10.0. The molecule has 0 bridgehead atoms. The van der Waals surface area contributed by atoms with E-state index < -0.39 is 24.7 Å². The maximum absolute atomic E-state index is 12.5. The van der Waals surface area contributed by atoms with Crippen LogP contribution in [0.1, 0.15) is 30.9 Å². The van der Waals surface area contributed by atoms with E-state index in [2.05, 4.69) is 26.0 Å². The molecular formula is C24H28Cl2N2O5S. The molecule has 3 rings (SSSR count). The van der Waals surface area contributed by atoms with Crippen LogP contribution in [0.25, 0.3) is 0 Å². The molecule has 0 saturated carbocycles. The smallest absolute Gasteiger partial charge is 0.410 e. The van der Waals surface area contributed by atoms with Crippen LogP contribution in [0.5, 0.6) is 0 Å². The van der Waals surface area contributed by atoms with Crippen LogP contribution in [0.2, 0.25) is 10.0 Å². The molecule has 184 valence electrons. The van der Waals surface area contributed by atoms with Gasteiger partial charge in [-0.3, -0.25) is 4.79 Å². The summed E-state index contributed by atoms with van der Waals surface area (Å²) in [6.45, 7) is 4.65. The minimum atomic E-state index is -1.44. The summed E-state index contributed by atoms with van der Waals surface area (Å²) in [5.74, 6) is -0.178. The van der Waals surface area contributed by atoms with E-state index in [1.54, 1.807) is 17.8 Å². The molecule has 0 radical (unpaired) electrons. The number of hydrogen-bond donors (Lipinski definition) is 2. The van der Waals surface area contributed by atoms with Crippen LogP contribution in [0.4, 0.5) is 4.79 Å². The van der Waals surface area contributed by atoms with E-state index in [0.717, 1.165) is 9.79 Å². The number of ether oxygens (including phenoxy) is 1. The van der Waals surface area contributed by atoms with E-state index in [-0.39, 0.29) is 32.8 Å². The molecule has 0 aromatic heterocycles. The highest BCUT2D eigenvalue weighted by Crippen LogP contribution is 2.41. The SMILES string of the molecule is CC(C)c1ccccc1Sc1ccc(COC(=O)N2CCN(C(=O)[C@@H](O)CO)CC2)c(Cl)c1Cl. The molecule has 1 saturated heterocycles. The van der Waals surface area contributed by atoms with Crippen molar-refractivity contribution in [1.82, 2.24) is 9.80 Å². The van der Waals surface area contributed by atoms with Gasteiger partial charge >= 0.3 is 6.09 Å². The zero-order chi connectivity index (χ0) is 24.8. The Kier molecular flexibility index (Phi) is 9.50. The van der Waals surface area contributed by atoms with Crippen LogP contribution in [-0.2, 0) is 16.1 Å². The van der Waals surface area contributed by atoms with E-state index >= 15 is 0 Å². The summed E-state index contributed by atoms with van der Waals surface area (Å²) in [5.41, 5.74) is 1.83. The van der Waals surface area contributed by atoms with Gasteiger partial charge in [-0.1, -0.05) is 73.1 Å². The zero-order valence-electron chi connectivity index (χ0n) is 19.0. The topological polar surface area (TPSA) is 90.3 Å². The number of carbonyl (C=O) groups is 2. The minimum Gasteiger partial charge on any atom is -0.444 e. The standard InChI is InChI=1S/C24H28Cl2N2O5S/c1-15(2)17-5-3-4-6-19(17)34-20-8-7-16(21(25)22(20)26)14-33-24(32)28-11-9-27(10-12-28)23(31)18(30)13-29/h3-8,15,18,29-30H,9-14H2,1-2H3/t18-/m0/s1. The second-order valence-corrected chi connectivity index (χ2v) is 10.1. The van der Waals surface area contributed by atoms with Gasteiger partial charge in [-0.15, -0.1) is 0 Å². The third-order valence-electron chi connectivity index (χ3n) is 5.55. The molecule has 1 aliphatic rings. The molecule has 34 heavy (non-hydrogen) atoms. The maximum atomic E-state index is 12.5. The summed E-state index contributed by atoms with van der Waals surface area (Å²) in [7, 11) is 0. The molecule has 1 fully saturated rings. The van der Waals surface area contributed by atoms with Gasteiger partial charge in [0.1, 0.15) is 6.61 Å². The first kappa shape index (κ1) is 26.6. The van der Waals surface area contributed by atoms with Gasteiger partial charge in [0, 0.05) is 41.5 Å². The highest BCUT2D eigenvalue weighted by Gasteiger charge is 2.28. The van der Waals surface area contributed by atoms with Crippen molar-refractivity contribution in [3.63, 3.8) is 0 Å². The number of nitrogens with zero attached hydrogens (tertiary/aromatic N) is 2. The van der Waals surface area contributed by atoms with E-state index in [1.165, 1.54) is 15.4 Å². The monoisotopic (exact) mass is 526 g/mol. The van der Waals surface area contributed by atoms with Crippen molar-refractivity contribution in [2.24, 2.45) is 0 Å². The third kappa shape index (κ3) is 6.37. The van der Waals surface area contributed by atoms with Gasteiger partial charge < -0.3 is 24.7 Å². The van der Waals surface area contributed by atoms with Gasteiger partial charge in [0.25, 0.3) is 5.91 Å². The molecule has 0 spiro atoms. The summed E-state index contributed by atoms with van der Waals surface area (Å²) in [4.78, 5) is 29.2. The molecule has 1 aliphatic heterocycles. The minimum absolute atomic E-state index is 0.0344. The van der Waals surface area contributed by atoms with Crippen molar-refractivity contribution >= 4 is 47.0 Å². The van der Waals surface area contributed by atoms with Gasteiger partial charge in [0.15, 0.2) is 6.10 Å². The number of carbonyl (C=O) groups excluding carboxylic acids is 2. The highest BCUT2D eigenvalue weighted by molar-refractivity contribution is 7.99. The average molecular weight is 527 g/mol. The molecule has 0 aliphatic carbocycles. The molecule has 2 N–H and O–H groups in total. The lowest BCUT2D eigenvalue weighted by Crippen LogP contribution is -2.53. The fourth-order valence-corrected chi connectivity index (χ4v) is 5.27. The molecule has 10 heteroatoms. The summed E-state index contributed by atoms with van der Waals surface area (Å²) in [6.07, 6.45) is -1.96.